The molecule has 5 aliphatic rings. The van der Waals surface area contributed by atoms with E-state index in [2.05, 4.69) is 41.5 Å². The largest absolute Gasteiger partial charge is 0.0654 e. The normalized spacial score (nSPS) is 46.2. The highest BCUT2D eigenvalue weighted by Gasteiger charge is 2.48. The number of hydrogen-bond acceptors (Lipinski definition) is 0. The average molecular weight is 513 g/mol. The van der Waals surface area contributed by atoms with Gasteiger partial charge in [0.1, 0.15) is 0 Å². The number of unbranched alkanes of at least 4 members (excludes halogenated alkanes) is 1. The van der Waals surface area contributed by atoms with E-state index >= 15 is 0 Å². The molecule has 0 aromatic rings. The van der Waals surface area contributed by atoms with Gasteiger partial charge in [-0.2, -0.15) is 0 Å². The molecule has 0 bridgehead atoms. The summed E-state index contributed by atoms with van der Waals surface area (Å²) < 4.78 is 0. The fourth-order valence-electron chi connectivity index (χ4n) is 11.3. The van der Waals surface area contributed by atoms with Gasteiger partial charge in [0.2, 0.25) is 0 Å². The van der Waals surface area contributed by atoms with Crippen molar-refractivity contribution in [3.8, 4) is 0 Å². The van der Waals surface area contributed by atoms with Crippen molar-refractivity contribution >= 4 is 0 Å². The number of fused-ring (bicyclic) bond motifs is 1. The summed E-state index contributed by atoms with van der Waals surface area (Å²) in [4.78, 5) is 0. The second-order valence-corrected chi connectivity index (χ2v) is 15.5. The Morgan fingerprint density at radius 2 is 1.32 bits per heavy atom. The van der Waals surface area contributed by atoms with E-state index in [-0.39, 0.29) is 0 Å². The van der Waals surface area contributed by atoms with Crippen LogP contribution in [0, 0.1) is 71.0 Å². The monoisotopic (exact) mass is 513 g/mol. The lowest BCUT2D eigenvalue weighted by Crippen LogP contribution is -2.44. The maximum absolute atomic E-state index is 2.62. The molecule has 0 radical (unpaired) electrons. The quantitative estimate of drug-likeness (QED) is 0.318. The lowest BCUT2D eigenvalue weighted by Gasteiger charge is -2.51. The molecule has 0 heteroatoms. The van der Waals surface area contributed by atoms with E-state index in [1.54, 1.807) is 44.9 Å². The van der Waals surface area contributed by atoms with Crippen molar-refractivity contribution in [2.75, 3.05) is 0 Å². The van der Waals surface area contributed by atoms with Crippen LogP contribution in [0.3, 0.4) is 0 Å². The van der Waals surface area contributed by atoms with Crippen LogP contribution < -0.4 is 0 Å². The fraction of sp³-hybridized carbons (Fsp3) is 1.00. The minimum Gasteiger partial charge on any atom is -0.0654 e. The molecule has 5 fully saturated rings. The summed E-state index contributed by atoms with van der Waals surface area (Å²) in [7, 11) is 0. The van der Waals surface area contributed by atoms with E-state index in [0.29, 0.717) is 0 Å². The van der Waals surface area contributed by atoms with Crippen LogP contribution in [0.2, 0.25) is 0 Å². The molecule has 5 rings (SSSR count). The Morgan fingerprint density at radius 1 is 0.568 bits per heavy atom. The van der Waals surface area contributed by atoms with Crippen molar-refractivity contribution in [1.82, 2.24) is 0 Å². The number of rotatable bonds is 7. The lowest BCUT2D eigenvalue weighted by atomic mass is 9.54. The third-order valence-electron chi connectivity index (χ3n) is 13.3. The maximum atomic E-state index is 2.62. The van der Waals surface area contributed by atoms with E-state index in [4.69, 9.17) is 0 Å². The number of hydrogen-bond donors (Lipinski definition) is 0. The SMILES string of the molecule is CCC1CCC(C2CCC(C)C2)C(C)C1.CCCCC1C(C)CC2CCCC2C1C1CCCCC1CC. The van der Waals surface area contributed by atoms with Gasteiger partial charge in [-0.05, 0) is 122 Å². The van der Waals surface area contributed by atoms with Gasteiger partial charge in [0.05, 0.1) is 0 Å². The Labute approximate surface area is 234 Å². The van der Waals surface area contributed by atoms with Gasteiger partial charge in [0.25, 0.3) is 0 Å². The Bertz CT molecular complexity index is 636. The van der Waals surface area contributed by atoms with Crippen molar-refractivity contribution in [2.45, 2.75) is 164 Å². The van der Waals surface area contributed by atoms with Gasteiger partial charge >= 0.3 is 0 Å². The summed E-state index contributed by atoms with van der Waals surface area (Å²) in [6.07, 6.45) is 28.9. The zero-order valence-electron chi connectivity index (χ0n) is 26.4. The van der Waals surface area contributed by atoms with Crippen molar-refractivity contribution in [2.24, 2.45) is 71.0 Å². The first kappa shape index (κ1) is 30.0. The third-order valence-corrected chi connectivity index (χ3v) is 13.3. The minimum absolute atomic E-state index is 1.01. The van der Waals surface area contributed by atoms with E-state index in [9.17, 15) is 0 Å². The zero-order valence-corrected chi connectivity index (χ0v) is 26.4. The maximum Gasteiger partial charge on any atom is -0.0321 e. The summed E-state index contributed by atoms with van der Waals surface area (Å²) in [5.74, 6) is 12.8. The molecule has 5 aliphatic carbocycles. The molecule has 0 nitrogen and oxygen atoms in total. The van der Waals surface area contributed by atoms with Gasteiger partial charge in [0, 0.05) is 0 Å². The van der Waals surface area contributed by atoms with Gasteiger partial charge in [0.15, 0.2) is 0 Å². The minimum atomic E-state index is 1.01. The molecule has 12 atom stereocenters. The first-order chi connectivity index (χ1) is 18.0. The highest BCUT2D eigenvalue weighted by molar-refractivity contribution is 4.98. The highest BCUT2D eigenvalue weighted by atomic mass is 14.5. The van der Waals surface area contributed by atoms with E-state index < -0.39 is 0 Å². The van der Waals surface area contributed by atoms with E-state index in [0.717, 1.165) is 71.0 Å². The molecule has 0 aromatic carbocycles. The molecular formula is C37H68. The van der Waals surface area contributed by atoms with Crippen LogP contribution in [-0.2, 0) is 0 Å². The Balaban J connectivity index is 0.000000186. The molecule has 0 heterocycles. The standard InChI is InChI=1S/C22H40.C15H28/c1-4-6-12-19-16(3)15-18-11-9-14-21(18)22(19)20-13-8-7-10-17(20)5-2;1-4-13-6-8-15(12(3)10-13)14-7-5-11(2)9-14/h16-22H,4-15H2,1-3H3;11-15H,4-10H2,1-3H3. The van der Waals surface area contributed by atoms with Crippen molar-refractivity contribution in [1.29, 1.82) is 0 Å². The van der Waals surface area contributed by atoms with Crippen LogP contribution in [0.15, 0.2) is 0 Å². The summed E-state index contributed by atoms with van der Waals surface area (Å²) in [6.45, 7) is 14.8. The molecule has 12 unspecified atom stereocenters. The first-order valence-electron chi connectivity index (χ1n) is 18.0. The molecule has 0 N–H and O–H groups in total. The van der Waals surface area contributed by atoms with Crippen LogP contribution in [0.5, 0.6) is 0 Å². The molecule has 0 saturated heterocycles. The van der Waals surface area contributed by atoms with Gasteiger partial charge in [-0.15, -0.1) is 0 Å². The van der Waals surface area contributed by atoms with Crippen molar-refractivity contribution in [3.63, 3.8) is 0 Å². The van der Waals surface area contributed by atoms with Crippen molar-refractivity contribution < 1.29 is 0 Å². The van der Waals surface area contributed by atoms with E-state index in [1.807, 2.05) is 0 Å². The molecule has 216 valence electrons. The van der Waals surface area contributed by atoms with Crippen LogP contribution in [0.1, 0.15) is 164 Å². The molecule has 37 heavy (non-hydrogen) atoms. The molecule has 5 saturated carbocycles. The second-order valence-electron chi connectivity index (χ2n) is 15.5. The van der Waals surface area contributed by atoms with Crippen LogP contribution in [0.25, 0.3) is 0 Å². The van der Waals surface area contributed by atoms with Crippen LogP contribution >= 0.6 is 0 Å². The van der Waals surface area contributed by atoms with Gasteiger partial charge in [-0.25, -0.2) is 0 Å². The van der Waals surface area contributed by atoms with Crippen LogP contribution in [-0.4, -0.2) is 0 Å². The topological polar surface area (TPSA) is 0 Å². The van der Waals surface area contributed by atoms with E-state index in [1.165, 1.54) is 77.0 Å². The smallest absolute Gasteiger partial charge is 0.0321 e. The molecular weight excluding hydrogens is 444 g/mol. The fourth-order valence-corrected chi connectivity index (χ4v) is 11.3. The summed E-state index contributed by atoms with van der Waals surface area (Å²) in [6, 6.07) is 0. The van der Waals surface area contributed by atoms with Gasteiger partial charge < -0.3 is 0 Å². The molecule has 0 amide bonds. The highest BCUT2D eigenvalue weighted by Crippen LogP contribution is 2.57. The zero-order chi connectivity index (χ0) is 26.4. The van der Waals surface area contributed by atoms with Crippen LogP contribution in [0.4, 0.5) is 0 Å². The molecule has 0 aromatic heterocycles. The van der Waals surface area contributed by atoms with Gasteiger partial charge in [-0.1, -0.05) is 112 Å². The molecule has 0 spiro atoms. The average Bonchev–Trinajstić information content (AvgIpc) is 3.56. The van der Waals surface area contributed by atoms with Gasteiger partial charge in [-0.3, -0.25) is 0 Å². The predicted molar refractivity (Wildman–Crippen MR) is 164 cm³/mol. The molecule has 0 aliphatic heterocycles. The first-order valence-corrected chi connectivity index (χ1v) is 18.0. The summed E-state index contributed by atoms with van der Waals surface area (Å²) >= 11 is 0. The second kappa shape index (κ2) is 14.6. The summed E-state index contributed by atoms with van der Waals surface area (Å²) in [5.41, 5.74) is 0. The Morgan fingerprint density at radius 3 is 2.00 bits per heavy atom. The Hall–Kier alpha value is 0. The summed E-state index contributed by atoms with van der Waals surface area (Å²) in [5, 5.41) is 0. The Kier molecular flexibility index (Phi) is 11.8. The lowest BCUT2D eigenvalue weighted by molar-refractivity contribution is -0.0197. The van der Waals surface area contributed by atoms with Crippen molar-refractivity contribution in [3.05, 3.63) is 0 Å². The predicted octanol–water partition coefficient (Wildman–Crippen LogP) is 12.0. The third kappa shape index (κ3) is 7.40.